The Kier molecular flexibility index (Phi) is 11.2. The summed E-state index contributed by atoms with van der Waals surface area (Å²) in [7, 11) is 3.45. The predicted molar refractivity (Wildman–Crippen MR) is 211 cm³/mol. The van der Waals surface area contributed by atoms with E-state index < -0.39 is 46.0 Å². The molecule has 0 saturated carbocycles. The average Bonchev–Trinajstić information content (AvgIpc) is 3.20. The van der Waals surface area contributed by atoms with E-state index in [4.69, 9.17) is 0 Å². The molecule has 6 aromatic rings. The van der Waals surface area contributed by atoms with Crippen LogP contribution in [-0.4, -0.2) is 61.7 Å². The summed E-state index contributed by atoms with van der Waals surface area (Å²) in [6.45, 7) is 3.70. The quantitative estimate of drug-likeness (QED) is 0.0178. The van der Waals surface area contributed by atoms with Gasteiger partial charge in [-0.3, -0.25) is 15.3 Å². The second kappa shape index (κ2) is 15.9. The van der Waals surface area contributed by atoms with Crippen molar-refractivity contribution in [1.82, 2.24) is 10.4 Å². The predicted octanol–water partition coefficient (Wildman–Crippen LogP) is 8.74. The fraction of sp³-hybridized carbons (Fsp3) is 0.114. The maximum Gasteiger partial charge on any atom is 0.208 e. The molecule has 1 radical (unpaired) electrons. The van der Waals surface area contributed by atoms with Gasteiger partial charge < -0.3 is 36.0 Å². The van der Waals surface area contributed by atoms with Crippen molar-refractivity contribution >= 4 is 34.0 Å². The number of aliphatic hydroxyl groups excluding tert-OH is 1. The molecule has 10 nitrogen and oxygen atoms in total. The number of nitrogens with one attached hydrogen (secondary N) is 1. The molecule has 11 heteroatoms. The van der Waals surface area contributed by atoms with Crippen molar-refractivity contribution in [3.8, 4) is 39.9 Å². The first-order valence-corrected chi connectivity index (χ1v) is 17.3. The molecule has 0 spiro atoms. The molecular weight excluding hydrogens is 771 g/mol. The van der Waals surface area contributed by atoms with E-state index in [1.807, 2.05) is 43.4 Å². The fourth-order valence-electron chi connectivity index (χ4n) is 7.62. The van der Waals surface area contributed by atoms with E-state index in [-0.39, 0.29) is 44.3 Å². The zero-order chi connectivity index (χ0) is 38.3. The monoisotopic (exact) mass is 810 g/mol. The van der Waals surface area contributed by atoms with E-state index in [1.165, 1.54) is 0 Å². The van der Waals surface area contributed by atoms with Gasteiger partial charge in [-0.05, 0) is 63.0 Å². The van der Waals surface area contributed by atoms with Crippen molar-refractivity contribution in [3.63, 3.8) is 0 Å². The molecule has 1 aliphatic rings. The molecule has 7 rings (SSSR count). The second-order valence-corrected chi connectivity index (χ2v) is 13.1. The van der Waals surface area contributed by atoms with Crippen molar-refractivity contribution in [1.29, 1.82) is 0 Å². The second-order valence-electron chi connectivity index (χ2n) is 13.1. The summed E-state index contributed by atoms with van der Waals surface area (Å²) in [6.07, 6.45) is 4.95. The Morgan fingerprint density at radius 3 is 1.76 bits per heavy atom. The maximum atomic E-state index is 11.9. The van der Waals surface area contributed by atoms with Gasteiger partial charge in [-0.25, -0.2) is 0 Å². The third kappa shape index (κ3) is 6.78. The van der Waals surface area contributed by atoms with Crippen molar-refractivity contribution in [2.75, 3.05) is 14.1 Å². The first kappa shape index (κ1) is 38.9. The van der Waals surface area contributed by atoms with Gasteiger partial charge in [0.15, 0.2) is 11.5 Å². The van der Waals surface area contributed by atoms with Crippen LogP contribution in [0.3, 0.4) is 0 Å². The largest absolute Gasteiger partial charge is 0.509 e. The minimum Gasteiger partial charge on any atom is -0.509 e. The number of phenols is 5. The van der Waals surface area contributed by atoms with Crippen LogP contribution in [0.4, 0.5) is 0 Å². The molecule has 2 unspecified atom stereocenters. The van der Waals surface area contributed by atoms with Gasteiger partial charge in [0.1, 0.15) is 11.5 Å². The van der Waals surface area contributed by atoms with E-state index in [1.54, 1.807) is 49.5 Å². The smallest absolute Gasteiger partial charge is 0.208 e. The van der Waals surface area contributed by atoms with Crippen LogP contribution in [0.2, 0.25) is 0 Å². The molecule has 2 atom stereocenters. The van der Waals surface area contributed by atoms with E-state index in [2.05, 4.69) is 53.4 Å². The van der Waals surface area contributed by atoms with Gasteiger partial charge in [-0.1, -0.05) is 109 Å². The number of hydrogen-bond acceptors (Lipinski definition) is 10. The van der Waals surface area contributed by atoms with Gasteiger partial charge in [0.05, 0.1) is 22.9 Å². The Morgan fingerprint density at radius 2 is 1.25 bits per heavy atom. The number of nitrogens with zero attached hydrogens (tertiary/aromatic N) is 2. The van der Waals surface area contributed by atoms with Gasteiger partial charge in [0.25, 0.3) is 0 Å². The molecule has 1 aliphatic carbocycles. The molecular formula is C44H39N3O7Y. The van der Waals surface area contributed by atoms with Crippen molar-refractivity contribution in [3.05, 3.63) is 155 Å². The van der Waals surface area contributed by atoms with Crippen LogP contribution in [0, 0.1) is 0 Å². The van der Waals surface area contributed by atoms with Crippen LogP contribution < -0.4 is 5.32 Å². The topological polar surface area (TPSA) is 169 Å². The molecule has 8 N–H and O–H groups in total. The Morgan fingerprint density at radius 1 is 0.745 bits per heavy atom. The minimum absolute atomic E-state index is 0. The number of hydrogen-bond donors (Lipinski definition) is 8. The van der Waals surface area contributed by atoms with Gasteiger partial charge in [-0.2, -0.15) is 0 Å². The van der Waals surface area contributed by atoms with Crippen LogP contribution >= 0.6 is 0 Å². The van der Waals surface area contributed by atoms with Crippen molar-refractivity contribution in [2.45, 2.75) is 18.3 Å². The molecule has 0 amide bonds. The number of benzene rings is 6. The van der Waals surface area contributed by atoms with Gasteiger partial charge in [0, 0.05) is 58.3 Å². The summed E-state index contributed by atoms with van der Waals surface area (Å²) in [5.41, 5.74) is 5.05. The maximum absolute atomic E-state index is 11.9. The van der Waals surface area contributed by atoms with E-state index >= 15 is 0 Å². The first-order chi connectivity index (χ1) is 26.1. The zero-order valence-corrected chi connectivity index (χ0v) is 33.0. The summed E-state index contributed by atoms with van der Waals surface area (Å²) in [6, 6.07) is 32.3. The van der Waals surface area contributed by atoms with E-state index in [0.717, 1.165) is 55.4 Å². The van der Waals surface area contributed by atoms with Crippen LogP contribution in [0.25, 0.3) is 38.4 Å². The van der Waals surface area contributed by atoms with Crippen molar-refractivity contribution in [2.24, 2.45) is 4.99 Å². The molecule has 0 heterocycles. The molecule has 0 fully saturated rings. The van der Waals surface area contributed by atoms with Gasteiger partial charge in [-0.15, -0.1) is 0 Å². The Balaban J connectivity index is 0.00000514. The summed E-state index contributed by atoms with van der Waals surface area (Å²) in [4.78, 5) is 4.15. The molecule has 0 bridgehead atoms. The van der Waals surface area contributed by atoms with Crippen molar-refractivity contribution < 1.29 is 68.6 Å². The normalized spacial score (nSPS) is 15.0. The number of aliphatic hydroxyl groups is 1. The van der Waals surface area contributed by atoms with E-state index in [9.17, 15) is 35.8 Å². The minimum atomic E-state index is -1.34. The van der Waals surface area contributed by atoms with Gasteiger partial charge in [0.2, 0.25) is 17.2 Å². The summed E-state index contributed by atoms with van der Waals surface area (Å²) in [5.74, 6) is -6.87. The molecule has 0 aromatic heterocycles. The number of phenolic OH excluding ortho intramolecular Hbond substituents is 5. The molecule has 275 valence electrons. The molecule has 55 heavy (non-hydrogen) atoms. The average molecular weight is 811 g/mol. The summed E-state index contributed by atoms with van der Waals surface area (Å²) >= 11 is 0. The molecule has 0 aliphatic heterocycles. The van der Waals surface area contributed by atoms with E-state index in [0.29, 0.717) is 16.8 Å². The standard InChI is InChI=1S/C44H39N3O7.Y/c1-45-32-22-21-27(23-33(32)47(3)54)35-30-15-9-7-13-28(30)34(29-14-8-10-16-31(29)35)25-17-19-26(20-18-25)38(46-2)39(48)36(24-11-5-4-6-12-24)37-40(49)42(51)44(53)43(52)41(37)50;/h4-20,22-23,27,36,45,48-54H,2,21H2,1,3H3;/b39-38+;. The number of hydroxylamine groups is 2. The number of likely N-dealkylation sites (N-methyl/N-ethyl adjacent to an activating group) is 2. The summed E-state index contributed by atoms with van der Waals surface area (Å²) in [5, 5.41) is 83.6. The molecule has 0 saturated heterocycles. The Labute approximate surface area is 342 Å². The third-order valence-corrected chi connectivity index (χ3v) is 10.1. The number of aromatic hydroxyl groups is 5. The van der Waals surface area contributed by atoms with Gasteiger partial charge >= 0.3 is 0 Å². The number of allylic oxidation sites excluding steroid dienone is 3. The number of fused-ring (bicyclic) bond motifs is 2. The van der Waals surface area contributed by atoms with Crippen LogP contribution in [0.5, 0.6) is 28.7 Å². The van der Waals surface area contributed by atoms with Crippen LogP contribution in [-0.2, 0) is 32.7 Å². The zero-order valence-electron chi connectivity index (χ0n) is 30.1. The Hall–Kier alpha value is -5.81. The van der Waals surface area contributed by atoms with Crippen LogP contribution in [0.1, 0.15) is 40.5 Å². The fourth-order valence-corrected chi connectivity index (χ4v) is 7.62. The first-order valence-electron chi connectivity index (χ1n) is 17.3. The third-order valence-electron chi connectivity index (χ3n) is 10.1. The SMILES string of the molecule is C=N/C(=C(/O)C(c1ccccc1)c1c(O)c(O)c(O)c(O)c1O)c1ccc(-c2c3ccccc3c(C3C=C(N(C)O)C(NC)=CC3)c3ccccc23)cc1.[Y]. The summed E-state index contributed by atoms with van der Waals surface area (Å²) < 4.78 is 0. The van der Waals surface area contributed by atoms with Crippen LogP contribution in [0.15, 0.2) is 137 Å². The molecule has 6 aromatic carbocycles. The number of rotatable bonds is 9. The Bertz CT molecular complexity index is 2440. The number of aliphatic imine (C=N–C) groups is 1.